The van der Waals surface area contributed by atoms with E-state index in [9.17, 15) is 4.79 Å². The Hall–Kier alpha value is -2.30. The van der Waals surface area contributed by atoms with Gasteiger partial charge < -0.3 is 15.5 Å². The average Bonchev–Trinajstić information content (AvgIpc) is 2.79. The molecule has 5 nitrogen and oxygen atoms in total. The Morgan fingerprint density at radius 1 is 1.47 bits per heavy atom. The number of benzene rings is 1. The molecule has 19 heavy (non-hydrogen) atoms. The van der Waals surface area contributed by atoms with Gasteiger partial charge in [-0.1, -0.05) is 18.2 Å². The number of nitrogens with zero attached hydrogens (tertiary/aromatic N) is 1. The summed E-state index contributed by atoms with van der Waals surface area (Å²) in [6, 6.07) is 7.07. The third-order valence-electron chi connectivity index (χ3n) is 2.79. The molecule has 1 atom stereocenters. The molecule has 1 unspecified atom stereocenters. The van der Waals surface area contributed by atoms with Crippen LogP contribution < -0.4 is 11.1 Å². The summed E-state index contributed by atoms with van der Waals surface area (Å²) in [5.41, 5.74) is 7.24. The number of amides is 1. The minimum atomic E-state index is -0.258. The number of nitrogens with two attached hydrogens (primary N) is 1. The molecule has 1 amide bonds. The maximum Gasteiger partial charge on any atom is 0.225 e. The third-order valence-corrected chi connectivity index (χ3v) is 2.79. The first-order chi connectivity index (χ1) is 9.06. The van der Waals surface area contributed by atoms with Gasteiger partial charge in [0.1, 0.15) is 11.8 Å². The Morgan fingerprint density at radius 2 is 2.21 bits per heavy atom. The number of hydrogen-bond donors (Lipinski definition) is 2. The average molecular weight is 259 g/mol. The number of anilines is 1. The molecule has 0 saturated carbocycles. The molecule has 0 bridgehead atoms. The lowest BCUT2D eigenvalue weighted by Crippen LogP contribution is -2.28. The monoisotopic (exact) mass is 259 g/mol. The summed E-state index contributed by atoms with van der Waals surface area (Å²) in [4.78, 5) is 16.0. The Morgan fingerprint density at radius 3 is 2.84 bits per heavy atom. The van der Waals surface area contributed by atoms with Crippen molar-refractivity contribution in [3.05, 3.63) is 47.7 Å². The molecule has 2 aromatic rings. The Bertz CT molecular complexity index is 578. The maximum atomic E-state index is 11.9. The van der Waals surface area contributed by atoms with Gasteiger partial charge in [0.15, 0.2) is 0 Å². The second-order valence-electron chi connectivity index (χ2n) is 4.47. The number of oxazole rings is 1. The molecule has 100 valence electrons. The molecule has 2 rings (SSSR count). The number of nitrogen functional groups attached to an aromatic ring is 1. The molecule has 0 saturated heterocycles. The molecule has 1 aromatic carbocycles. The Kier molecular flexibility index (Phi) is 3.85. The standard InChI is InChI=1S/C14H17N3O2/c1-9-8-16-14(19-9)10(2)17-13(18)7-11-5-3-4-6-12(11)15/h3-6,8,10H,7,15H2,1-2H3,(H,17,18). The van der Waals surface area contributed by atoms with E-state index in [1.165, 1.54) is 0 Å². The number of aromatic nitrogens is 1. The lowest BCUT2D eigenvalue weighted by molar-refractivity contribution is -0.121. The highest BCUT2D eigenvalue weighted by Crippen LogP contribution is 2.14. The Balaban J connectivity index is 1.96. The molecule has 0 spiro atoms. The second-order valence-corrected chi connectivity index (χ2v) is 4.47. The van der Waals surface area contributed by atoms with Crippen LogP contribution in [-0.4, -0.2) is 10.9 Å². The summed E-state index contributed by atoms with van der Waals surface area (Å²) in [6.45, 7) is 3.65. The zero-order valence-corrected chi connectivity index (χ0v) is 11.0. The zero-order valence-electron chi connectivity index (χ0n) is 11.0. The van der Waals surface area contributed by atoms with Crippen LogP contribution in [0.1, 0.15) is 30.2 Å². The van der Waals surface area contributed by atoms with Gasteiger partial charge in [0.2, 0.25) is 11.8 Å². The van der Waals surface area contributed by atoms with Crippen molar-refractivity contribution in [2.24, 2.45) is 0 Å². The van der Waals surface area contributed by atoms with E-state index in [0.717, 1.165) is 11.3 Å². The van der Waals surface area contributed by atoms with Gasteiger partial charge >= 0.3 is 0 Å². The van der Waals surface area contributed by atoms with E-state index >= 15 is 0 Å². The molecule has 0 aliphatic heterocycles. The van der Waals surface area contributed by atoms with Crippen LogP contribution >= 0.6 is 0 Å². The van der Waals surface area contributed by atoms with Crippen LogP contribution in [0.3, 0.4) is 0 Å². The molecule has 0 fully saturated rings. The molecule has 1 aromatic heterocycles. The molecular weight excluding hydrogens is 242 g/mol. The second kappa shape index (κ2) is 5.56. The highest BCUT2D eigenvalue weighted by molar-refractivity contribution is 5.80. The van der Waals surface area contributed by atoms with E-state index in [4.69, 9.17) is 10.2 Å². The van der Waals surface area contributed by atoms with Gasteiger partial charge in [0, 0.05) is 5.69 Å². The van der Waals surface area contributed by atoms with Gasteiger partial charge in [-0.25, -0.2) is 4.98 Å². The number of carbonyl (C=O) groups is 1. The lowest BCUT2D eigenvalue weighted by atomic mass is 10.1. The van der Waals surface area contributed by atoms with Gasteiger partial charge in [-0.2, -0.15) is 0 Å². The normalized spacial score (nSPS) is 12.1. The van der Waals surface area contributed by atoms with Crippen molar-refractivity contribution in [2.45, 2.75) is 26.3 Å². The minimum Gasteiger partial charge on any atom is -0.444 e. The number of nitrogens with one attached hydrogen (secondary N) is 1. The van der Waals surface area contributed by atoms with Crippen molar-refractivity contribution in [1.82, 2.24) is 10.3 Å². The lowest BCUT2D eigenvalue weighted by Gasteiger charge is -2.11. The highest BCUT2D eigenvalue weighted by atomic mass is 16.4. The van der Waals surface area contributed by atoms with Gasteiger partial charge in [-0.05, 0) is 25.5 Å². The maximum absolute atomic E-state index is 11.9. The molecule has 3 N–H and O–H groups in total. The number of rotatable bonds is 4. The van der Waals surface area contributed by atoms with Gasteiger partial charge in [0.25, 0.3) is 0 Å². The van der Waals surface area contributed by atoms with Crippen LogP contribution in [0.25, 0.3) is 0 Å². The summed E-state index contributed by atoms with van der Waals surface area (Å²) < 4.78 is 5.37. The molecular formula is C14H17N3O2. The van der Waals surface area contributed by atoms with Crippen LogP contribution in [0.4, 0.5) is 5.69 Å². The number of aryl methyl sites for hydroxylation is 1. The smallest absolute Gasteiger partial charge is 0.225 e. The van der Waals surface area contributed by atoms with Gasteiger partial charge in [0.05, 0.1) is 12.6 Å². The number of hydrogen-bond acceptors (Lipinski definition) is 4. The predicted octanol–water partition coefficient (Wildman–Crippen LogP) is 1.99. The highest BCUT2D eigenvalue weighted by Gasteiger charge is 2.15. The summed E-state index contributed by atoms with van der Waals surface area (Å²) in [5.74, 6) is 1.12. The van der Waals surface area contributed by atoms with Gasteiger partial charge in [-0.15, -0.1) is 0 Å². The summed E-state index contributed by atoms with van der Waals surface area (Å²) in [6.07, 6.45) is 1.88. The molecule has 1 heterocycles. The third kappa shape index (κ3) is 3.34. The first kappa shape index (κ1) is 13.1. The van der Waals surface area contributed by atoms with E-state index in [-0.39, 0.29) is 18.4 Å². The first-order valence-electron chi connectivity index (χ1n) is 6.11. The van der Waals surface area contributed by atoms with E-state index < -0.39 is 0 Å². The van der Waals surface area contributed by atoms with Crippen LogP contribution in [0.2, 0.25) is 0 Å². The molecule has 0 aliphatic rings. The Labute approximate surface area is 111 Å². The van der Waals surface area contributed by atoms with Crippen molar-refractivity contribution in [2.75, 3.05) is 5.73 Å². The van der Waals surface area contributed by atoms with E-state index in [1.54, 1.807) is 12.3 Å². The van der Waals surface area contributed by atoms with Crippen molar-refractivity contribution in [3.8, 4) is 0 Å². The summed E-state index contributed by atoms with van der Waals surface area (Å²) in [5, 5.41) is 2.83. The molecule has 0 radical (unpaired) electrons. The van der Waals surface area contributed by atoms with E-state index in [1.807, 2.05) is 32.0 Å². The van der Waals surface area contributed by atoms with Crippen LogP contribution in [-0.2, 0) is 11.2 Å². The van der Waals surface area contributed by atoms with E-state index in [2.05, 4.69) is 10.3 Å². The van der Waals surface area contributed by atoms with Crippen molar-refractivity contribution in [3.63, 3.8) is 0 Å². The number of carbonyl (C=O) groups excluding carboxylic acids is 1. The van der Waals surface area contributed by atoms with E-state index in [0.29, 0.717) is 11.6 Å². The largest absolute Gasteiger partial charge is 0.444 e. The quantitative estimate of drug-likeness (QED) is 0.823. The number of para-hydroxylation sites is 1. The topological polar surface area (TPSA) is 81.2 Å². The van der Waals surface area contributed by atoms with Crippen LogP contribution in [0.5, 0.6) is 0 Å². The fourth-order valence-corrected chi connectivity index (χ4v) is 1.79. The summed E-state index contributed by atoms with van der Waals surface area (Å²) in [7, 11) is 0. The fourth-order valence-electron chi connectivity index (χ4n) is 1.79. The van der Waals surface area contributed by atoms with Crippen LogP contribution in [0, 0.1) is 6.92 Å². The minimum absolute atomic E-state index is 0.110. The van der Waals surface area contributed by atoms with Crippen molar-refractivity contribution in [1.29, 1.82) is 0 Å². The van der Waals surface area contributed by atoms with Crippen LogP contribution in [0.15, 0.2) is 34.9 Å². The first-order valence-corrected chi connectivity index (χ1v) is 6.11. The summed E-state index contributed by atoms with van der Waals surface area (Å²) >= 11 is 0. The van der Waals surface area contributed by atoms with Crippen molar-refractivity contribution < 1.29 is 9.21 Å². The zero-order chi connectivity index (χ0) is 13.8. The van der Waals surface area contributed by atoms with Gasteiger partial charge in [-0.3, -0.25) is 4.79 Å². The fraction of sp³-hybridized carbons (Fsp3) is 0.286. The molecule has 0 aliphatic carbocycles. The molecule has 5 heteroatoms. The predicted molar refractivity (Wildman–Crippen MR) is 72.4 cm³/mol. The van der Waals surface area contributed by atoms with Crippen molar-refractivity contribution >= 4 is 11.6 Å². The SMILES string of the molecule is Cc1cnc(C(C)NC(=O)Cc2ccccc2N)o1.